The fourth-order valence-corrected chi connectivity index (χ4v) is 2.45. The fourth-order valence-electron chi connectivity index (χ4n) is 2.45. The summed E-state index contributed by atoms with van der Waals surface area (Å²) >= 11 is 0. The summed E-state index contributed by atoms with van der Waals surface area (Å²) in [6.07, 6.45) is 3.98. The number of nitrogens with zero attached hydrogens (tertiary/aromatic N) is 2. The first kappa shape index (κ1) is 12.5. The summed E-state index contributed by atoms with van der Waals surface area (Å²) in [5.74, 6) is 1.48. The van der Waals surface area contributed by atoms with E-state index in [1.165, 1.54) is 0 Å². The number of methoxy groups -OCH3 is 1. The van der Waals surface area contributed by atoms with Crippen molar-refractivity contribution in [3.63, 3.8) is 0 Å². The lowest BCUT2D eigenvalue weighted by Crippen LogP contribution is -2.33. The van der Waals surface area contributed by atoms with Gasteiger partial charge >= 0.3 is 0 Å². The molecule has 1 unspecified atom stereocenters. The first-order valence-electron chi connectivity index (χ1n) is 6.22. The molecule has 1 aliphatic rings. The van der Waals surface area contributed by atoms with E-state index in [9.17, 15) is 0 Å². The lowest BCUT2D eigenvalue weighted by molar-refractivity contribution is 0.0555. The highest BCUT2D eigenvalue weighted by atomic mass is 16.5. The van der Waals surface area contributed by atoms with Gasteiger partial charge in [0.15, 0.2) is 0 Å². The van der Waals surface area contributed by atoms with Gasteiger partial charge in [0.25, 0.3) is 0 Å². The van der Waals surface area contributed by atoms with Crippen molar-refractivity contribution in [2.24, 2.45) is 11.7 Å². The highest BCUT2D eigenvalue weighted by Crippen LogP contribution is 2.36. The van der Waals surface area contributed by atoms with E-state index in [0.29, 0.717) is 17.6 Å². The van der Waals surface area contributed by atoms with E-state index in [1.807, 2.05) is 0 Å². The van der Waals surface area contributed by atoms with Gasteiger partial charge < -0.3 is 15.0 Å². The Kier molecular flexibility index (Phi) is 3.49. The number of rotatable bonds is 4. The molecular formula is C12H21N3O2. The predicted molar refractivity (Wildman–Crippen MR) is 63.2 cm³/mol. The zero-order chi connectivity index (χ0) is 12.5. The lowest BCUT2D eigenvalue weighted by Gasteiger charge is -2.18. The van der Waals surface area contributed by atoms with Gasteiger partial charge in [-0.15, -0.1) is 0 Å². The Morgan fingerprint density at radius 3 is 2.53 bits per heavy atom. The molecule has 2 N–H and O–H groups in total. The topological polar surface area (TPSA) is 74.2 Å². The molecule has 1 aliphatic carbocycles. The molecule has 1 aromatic rings. The Morgan fingerprint density at radius 2 is 2.00 bits per heavy atom. The zero-order valence-electron chi connectivity index (χ0n) is 10.8. The lowest BCUT2D eigenvalue weighted by atomic mass is 9.99. The van der Waals surface area contributed by atoms with Crippen LogP contribution in [-0.4, -0.2) is 17.3 Å². The van der Waals surface area contributed by atoms with Gasteiger partial charge in [0, 0.05) is 7.11 Å². The number of hydrogen-bond acceptors (Lipinski definition) is 5. The third kappa shape index (κ3) is 2.35. The standard InChI is InChI=1S/C12H21N3O2/c1-8(2)9(16-3)10-14-11(17-15-10)12(13)6-4-5-7-12/h8-9H,4-7,13H2,1-3H3. The molecule has 96 valence electrons. The molecule has 1 atom stereocenters. The van der Waals surface area contributed by atoms with Crippen molar-refractivity contribution in [3.05, 3.63) is 11.7 Å². The van der Waals surface area contributed by atoms with Gasteiger partial charge in [-0.05, 0) is 18.8 Å². The van der Waals surface area contributed by atoms with Crippen LogP contribution in [0.2, 0.25) is 0 Å². The fraction of sp³-hybridized carbons (Fsp3) is 0.833. The van der Waals surface area contributed by atoms with E-state index in [1.54, 1.807) is 7.11 Å². The van der Waals surface area contributed by atoms with Crippen molar-refractivity contribution in [2.75, 3.05) is 7.11 Å². The second kappa shape index (κ2) is 4.74. The Balaban J connectivity index is 2.20. The molecule has 0 aromatic carbocycles. The number of nitrogens with two attached hydrogens (primary N) is 1. The molecule has 0 amide bonds. The van der Waals surface area contributed by atoms with Crippen LogP contribution >= 0.6 is 0 Å². The molecule has 0 radical (unpaired) electrons. The molecular weight excluding hydrogens is 218 g/mol. The van der Waals surface area contributed by atoms with E-state index in [-0.39, 0.29) is 6.10 Å². The predicted octanol–water partition coefficient (Wildman–Crippen LogP) is 2.14. The normalized spacial score (nSPS) is 21.0. The molecule has 2 rings (SSSR count). The van der Waals surface area contributed by atoms with Gasteiger partial charge in [0.2, 0.25) is 11.7 Å². The van der Waals surface area contributed by atoms with Gasteiger partial charge in [-0.1, -0.05) is 31.8 Å². The Hall–Kier alpha value is -0.940. The Bertz CT molecular complexity index is 370. The SMILES string of the molecule is COC(c1noc(C2(N)CCCC2)n1)C(C)C. The van der Waals surface area contributed by atoms with Crippen LogP contribution in [0.25, 0.3) is 0 Å². The first-order chi connectivity index (χ1) is 8.07. The number of ether oxygens (including phenoxy) is 1. The maximum atomic E-state index is 6.27. The Labute approximate surface area is 102 Å². The zero-order valence-corrected chi connectivity index (χ0v) is 10.8. The third-order valence-electron chi connectivity index (χ3n) is 3.48. The van der Waals surface area contributed by atoms with Crippen molar-refractivity contribution < 1.29 is 9.26 Å². The van der Waals surface area contributed by atoms with Crippen LogP contribution in [0, 0.1) is 5.92 Å². The summed E-state index contributed by atoms with van der Waals surface area (Å²) in [4.78, 5) is 4.43. The summed E-state index contributed by atoms with van der Waals surface area (Å²) in [7, 11) is 1.66. The largest absolute Gasteiger partial charge is 0.373 e. The van der Waals surface area contributed by atoms with Crippen LogP contribution in [0.3, 0.4) is 0 Å². The van der Waals surface area contributed by atoms with Crippen molar-refractivity contribution in [3.8, 4) is 0 Å². The summed E-state index contributed by atoms with van der Waals surface area (Å²) in [5, 5.41) is 4.01. The minimum Gasteiger partial charge on any atom is -0.373 e. The number of aromatic nitrogens is 2. The van der Waals surface area contributed by atoms with E-state index in [4.69, 9.17) is 15.0 Å². The third-order valence-corrected chi connectivity index (χ3v) is 3.48. The molecule has 5 heteroatoms. The van der Waals surface area contributed by atoms with Gasteiger partial charge in [0.05, 0.1) is 5.54 Å². The van der Waals surface area contributed by atoms with Crippen molar-refractivity contribution in [1.82, 2.24) is 10.1 Å². The molecule has 5 nitrogen and oxygen atoms in total. The second-order valence-electron chi connectivity index (χ2n) is 5.22. The first-order valence-corrected chi connectivity index (χ1v) is 6.22. The van der Waals surface area contributed by atoms with E-state index < -0.39 is 5.54 Å². The van der Waals surface area contributed by atoms with Gasteiger partial charge in [-0.3, -0.25) is 0 Å². The van der Waals surface area contributed by atoms with Crippen LogP contribution in [0.15, 0.2) is 4.52 Å². The van der Waals surface area contributed by atoms with Gasteiger partial charge in [0.1, 0.15) is 6.10 Å². The highest BCUT2D eigenvalue weighted by Gasteiger charge is 2.37. The monoisotopic (exact) mass is 239 g/mol. The van der Waals surface area contributed by atoms with Crippen LogP contribution in [0.5, 0.6) is 0 Å². The average molecular weight is 239 g/mol. The van der Waals surface area contributed by atoms with Gasteiger partial charge in [-0.2, -0.15) is 4.98 Å². The number of hydrogen-bond donors (Lipinski definition) is 1. The summed E-state index contributed by atoms with van der Waals surface area (Å²) in [5.41, 5.74) is 5.86. The molecule has 0 saturated heterocycles. The van der Waals surface area contributed by atoms with Crippen LogP contribution in [-0.2, 0) is 10.3 Å². The molecule has 0 bridgehead atoms. The van der Waals surface area contributed by atoms with Gasteiger partial charge in [-0.25, -0.2) is 0 Å². The van der Waals surface area contributed by atoms with E-state index >= 15 is 0 Å². The quantitative estimate of drug-likeness (QED) is 0.871. The van der Waals surface area contributed by atoms with Crippen molar-refractivity contribution in [2.45, 2.75) is 51.2 Å². The molecule has 1 aromatic heterocycles. The molecule has 17 heavy (non-hydrogen) atoms. The van der Waals surface area contributed by atoms with E-state index in [0.717, 1.165) is 25.7 Å². The highest BCUT2D eigenvalue weighted by molar-refractivity contribution is 5.06. The summed E-state index contributed by atoms with van der Waals surface area (Å²) in [6.45, 7) is 4.13. The molecule has 0 spiro atoms. The Morgan fingerprint density at radius 1 is 1.35 bits per heavy atom. The second-order valence-corrected chi connectivity index (χ2v) is 5.22. The minimum atomic E-state index is -0.416. The maximum Gasteiger partial charge on any atom is 0.246 e. The van der Waals surface area contributed by atoms with Crippen molar-refractivity contribution >= 4 is 0 Å². The van der Waals surface area contributed by atoms with Crippen molar-refractivity contribution in [1.29, 1.82) is 0 Å². The molecule has 1 saturated carbocycles. The average Bonchev–Trinajstić information content (AvgIpc) is 2.88. The molecule has 1 heterocycles. The van der Waals surface area contributed by atoms with Crippen LogP contribution < -0.4 is 5.73 Å². The smallest absolute Gasteiger partial charge is 0.246 e. The summed E-state index contributed by atoms with van der Waals surface area (Å²) in [6, 6.07) is 0. The molecule has 1 fully saturated rings. The molecule has 0 aliphatic heterocycles. The summed E-state index contributed by atoms with van der Waals surface area (Å²) < 4.78 is 10.7. The van der Waals surface area contributed by atoms with Crippen LogP contribution in [0.4, 0.5) is 0 Å². The van der Waals surface area contributed by atoms with E-state index in [2.05, 4.69) is 24.0 Å². The van der Waals surface area contributed by atoms with Crippen LogP contribution in [0.1, 0.15) is 57.3 Å². The minimum absolute atomic E-state index is 0.127. The maximum absolute atomic E-state index is 6.27.